The molecule has 1 saturated heterocycles. The summed E-state index contributed by atoms with van der Waals surface area (Å²) in [4.78, 5) is 27.5. The number of hydrogen-bond donors (Lipinski definition) is 1. The molecule has 3 aromatic rings. The zero-order valence-corrected chi connectivity index (χ0v) is 18.1. The average molecular weight is 454 g/mol. The van der Waals surface area contributed by atoms with Crippen LogP contribution in [0.1, 0.15) is 22.9 Å². The first kappa shape index (κ1) is 21.5. The molecule has 0 saturated carbocycles. The van der Waals surface area contributed by atoms with Crippen molar-refractivity contribution in [3.63, 3.8) is 0 Å². The van der Waals surface area contributed by atoms with Gasteiger partial charge in [0.05, 0.1) is 38.6 Å². The van der Waals surface area contributed by atoms with Crippen molar-refractivity contribution in [1.82, 2.24) is 4.90 Å². The Morgan fingerprint density at radius 1 is 1.09 bits per heavy atom. The first-order valence-corrected chi connectivity index (χ1v) is 10.1. The highest BCUT2D eigenvalue weighted by molar-refractivity contribution is 6.46. The van der Waals surface area contributed by atoms with Crippen LogP contribution in [0.5, 0.6) is 11.5 Å². The SMILES string of the molecule is COc1ccc(C2C(=C(O)c3ccc(Cl)cc3)C(=O)C(=O)N2Cc2ccco2)c(OC)c1. The molecule has 0 bridgehead atoms. The van der Waals surface area contributed by atoms with E-state index in [0.29, 0.717) is 33.4 Å². The van der Waals surface area contributed by atoms with Crippen LogP contribution >= 0.6 is 11.6 Å². The van der Waals surface area contributed by atoms with Crippen LogP contribution in [0, 0.1) is 0 Å². The fourth-order valence-corrected chi connectivity index (χ4v) is 3.87. The van der Waals surface area contributed by atoms with E-state index in [2.05, 4.69) is 0 Å². The van der Waals surface area contributed by atoms with E-state index in [4.69, 9.17) is 25.5 Å². The number of ketones is 1. The predicted octanol–water partition coefficient (Wildman–Crippen LogP) is 4.57. The van der Waals surface area contributed by atoms with Crippen LogP contribution in [0.2, 0.25) is 5.02 Å². The Hall–Kier alpha value is -3.71. The van der Waals surface area contributed by atoms with Crippen molar-refractivity contribution in [3.05, 3.63) is 88.3 Å². The predicted molar refractivity (Wildman–Crippen MR) is 118 cm³/mol. The second-order valence-electron chi connectivity index (χ2n) is 7.12. The van der Waals surface area contributed by atoms with Gasteiger partial charge in [0.2, 0.25) is 0 Å². The smallest absolute Gasteiger partial charge is 0.296 e. The van der Waals surface area contributed by atoms with Crippen molar-refractivity contribution < 1.29 is 28.6 Å². The van der Waals surface area contributed by atoms with Gasteiger partial charge in [0.1, 0.15) is 23.0 Å². The van der Waals surface area contributed by atoms with Gasteiger partial charge < -0.3 is 23.9 Å². The van der Waals surface area contributed by atoms with E-state index >= 15 is 0 Å². The van der Waals surface area contributed by atoms with Gasteiger partial charge in [-0.15, -0.1) is 0 Å². The van der Waals surface area contributed by atoms with Gasteiger partial charge in [-0.05, 0) is 48.5 Å². The Morgan fingerprint density at radius 2 is 1.84 bits per heavy atom. The number of Topliss-reactive ketones (excluding diaryl/α,β-unsaturated/α-hetero) is 1. The number of carbonyl (C=O) groups excluding carboxylic acids is 2. The van der Waals surface area contributed by atoms with E-state index in [1.165, 1.54) is 25.4 Å². The van der Waals surface area contributed by atoms with E-state index in [9.17, 15) is 14.7 Å². The molecule has 7 nitrogen and oxygen atoms in total. The fraction of sp³-hybridized carbons (Fsp3) is 0.167. The second-order valence-corrected chi connectivity index (χ2v) is 7.56. The van der Waals surface area contributed by atoms with Crippen LogP contribution < -0.4 is 9.47 Å². The summed E-state index contributed by atoms with van der Waals surface area (Å²) in [5.74, 6) is -0.402. The van der Waals surface area contributed by atoms with Gasteiger partial charge in [-0.25, -0.2) is 0 Å². The third kappa shape index (κ3) is 3.83. The topological polar surface area (TPSA) is 89.2 Å². The molecule has 0 aliphatic carbocycles. The average Bonchev–Trinajstić information content (AvgIpc) is 3.41. The molecule has 1 atom stereocenters. The molecule has 32 heavy (non-hydrogen) atoms. The Balaban J connectivity index is 1.91. The molecular formula is C24H20ClNO6. The number of furan rings is 1. The lowest BCUT2D eigenvalue weighted by molar-refractivity contribution is -0.140. The first-order valence-electron chi connectivity index (χ1n) is 9.73. The van der Waals surface area contributed by atoms with E-state index in [1.807, 2.05) is 0 Å². The molecular weight excluding hydrogens is 434 g/mol. The molecule has 1 aromatic heterocycles. The van der Waals surface area contributed by atoms with Gasteiger partial charge in [-0.3, -0.25) is 9.59 Å². The lowest BCUT2D eigenvalue weighted by Crippen LogP contribution is -2.29. The number of halogens is 1. The molecule has 2 heterocycles. The molecule has 164 valence electrons. The molecule has 2 aromatic carbocycles. The van der Waals surface area contributed by atoms with Crippen molar-refractivity contribution >= 4 is 29.1 Å². The van der Waals surface area contributed by atoms with Gasteiger partial charge in [0, 0.05) is 22.2 Å². The maximum Gasteiger partial charge on any atom is 0.296 e. The van der Waals surface area contributed by atoms with Crippen molar-refractivity contribution in [2.24, 2.45) is 0 Å². The second kappa shape index (κ2) is 8.80. The van der Waals surface area contributed by atoms with Gasteiger partial charge in [0.25, 0.3) is 11.7 Å². The highest BCUT2D eigenvalue weighted by Crippen LogP contribution is 2.44. The van der Waals surface area contributed by atoms with Crippen LogP contribution in [-0.4, -0.2) is 35.9 Å². The van der Waals surface area contributed by atoms with Crippen LogP contribution in [-0.2, 0) is 16.1 Å². The fourth-order valence-electron chi connectivity index (χ4n) is 3.74. The molecule has 1 aliphatic rings. The number of methoxy groups -OCH3 is 2. The van der Waals surface area contributed by atoms with Crippen molar-refractivity contribution in [1.29, 1.82) is 0 Å². The van der Waals surface area contributed by atoms with Crippen LogP contribution in [0.25, 0.3) is 5.76 Å². The zero-order chi connectivity index (χ0) is 22.8. The molecule has 1 fully saturated rings. The lowest BCUT2D eigenvalue weighted by atomic mass is 9.94. The summed E-state index contributed by atoms with van der Waals surface area (Å²) in [6.45, 7) is 0.0365. The van der Waals surface area contributed by atoms with Gasteiger partial charge in [-0.2, -0.15) is 0 Å². The number of carbonyl (C=O) groups is 2. The molecule has 4 rings (SSSR count). The Morgan fingerprint density at radius 3 is 2.47 bits per heavy atom. The van der Waals surface area contributed by atoms with E-state index in [1.54, 1.807) is 54.6 Å². The van der Waals surface area contributed by atoms with Gasteiger partial charge in [-0.1, -0.05) is 11.6 Å². The van der Waals surface area contributed by atoms with E-state index in [-0.39, 0.29) is 17.9 Å². The largest absolute Gasteiger partial charge is 0.507 e. The number of ether oxygens (including phenoxy) is 2. The quantitative estimate of drug-likeness (QED) is 0.334. The zero-order valence-electron chi connectivity index (χ0n) is 17.4. The summed E-state index contributed by atoms with van der Waals surface area (Å²) in [5, 5.41) is 11.6. The number of nitrogens with zero attached hydrogens (tertiary/aromatic N) is 1. The summed E-state index contributed by atoms with van der Waals surface area (Å²) < 4.78 is 16.2. The highest BCUT2D eigenvalue weighted by Gasteiger charge is 2.47. The van der Waals surface area contributed by atoms with Crippen molar-refractivity contribution in [2.45, 2.75) is 12.6 Å². The lowest BCUT2D eigenvalue weighted by Gasteiger charge is -2.26. The number of aliphatic hydroxyl groups is 1. The summed E-state index contributed by atoms with van der Waals surface area (Å²) in [5.41, 5.74) is 0.838. The Kier molecular flexibility index (Phi) is 5.92. The highest BCUT2D eigenvalue weighted by atomic mass is 35.5. The standard InChI is InChI=1S/C24H20ClNO6/c1-30-16-9-10-18(19(12-16)31-2)21-20(22(27)14-5-7-15(25)8-6-14)23(28)24(29)26(21)13-17-4-3-11-32-17/h3-12,21,27H,13H2,1-2H3. The maximum absolute atomic E-state index is 13.1. The minimum absolute atomic E-state index is 0.0365. The molecule has 0 radical (unpaired) electrons. The van der Waals surface area contributed by atoms with Crippen LogP contribution in [0.3, 0.4) is 0 Å². The van der Waals surface area contributed by atoms with Crippen molar-refractivity contribution in [2.75, 3.05) is 14.2 Å². The van der Waals surface area contributed by atoms with Crippen LogP contribution in [0.4, 0.5) is 0 Å². The third-order valence-corrected chi connectivity index (χ3v) is 5.55. The van der Waals surface area contributed by atoms with E-state index < -0.39 is 17.7 Å². The summed E-state index contributed by atoms with van der Waals surface area (Å²) >= 11 is 5.96. The van der Waals surface area contributed by atoms with E-state index in [0.717, 1.165) is 0 Å². The van der Waals surface area contributed by atoms with Crippen molar-refractivity contribution in [3.8, 4) is 11.5 Å². The summed E-state index contributed by atoms with van der Waals surface area (Å²) in [6.07, 6.45) is 1.49. The number of likely N-dealkylation sites (tertiary alicyclic amines) is 1. The number of amides is 1. The number of aliphatic hydroxyl groups excluding tert-OH is 1. The molecule has 1 amide bonds. The molecule has 8 heteroatoms. The first-order chi connectivity index (χ1) is 15.4. The Bertz CT molecular complexity index is 1180. The van der Waals surface area contributed by atoms with Crippen LogP contribution in [0.15, 0.2) is 70.9 Å². The molecule has 1 aliphatic heterocycles. The maximum atomic E-state index is 13.1. The van der Waals surface area contributed by atoms with Gasteiger partial charge in [0.15, 0.2) is 0 Å². The minimum atomic E-state index is -0.906. The number of rotatable bonds is 6. The number of hydrogen-bond acceptors (Lipinski definition) is 6. The summed E-state index contributed by atoms with van der Waals surface area (Å²) in [6, 6.07) is 13.9. The molecule has 1 N–H and O–H groups in total. The third-order valence-electron chi connectivity index (χ3n) is 5.30. The number of benzene rings is 2. The Labute approximate surface area is 189 Å². The molecule has 0 spiro atoms. The van der Waals surface area contributed by atoms with Gasteiger partial charge >= 0.3 is 0 Å². The molecule has 1 unspecified atom stereocenters. The minimum Gasteiger partial charge on any atom is -0.507 e. The monoisotopic (exact) mass is 453 g/mol. The summed E-state index contributed by atoms with van der Waals surface area (Å²) in [7, 11) is 3.01. The normalized spacial score (nSPS) is 17.6.